The maximum Gasteiger partial charge on any atom is 0.162 e. The monoisotopic (exact) mass is 399 g/mol. The van der Waals surface area contributed by atoms with Gasteiger partial charge in [-0.2, -0.15) is 0 Å². The van der Waals surface area contributed by atoms with Crippen LogP contribution in [0.2, 0.25) is 0 Å². The van der Waals surface area contributed by atoms with E-state index in [2.05, 4.69) is 23.1 Å². The molecule has 4 rings (SSSR count). The van der Waals surface area contributed by atoms with Crippen LogP contribution in [0, 0.1) is 0 Å². The normalized spacial score (nSPS) is 23.8. The summed E-state index contributed by atoms with van der Waals surface area (Å²) in [7, 11) is 1.74. The summed E-state index contributed by atoms with van der Waals surface area (Å²) in [6.45, 7) is 2.14. The molecule has 1 heterocycles. The lowest BCUT2D eigenvalue weighted by molar-refractivity contribution is 0.0973. The number of halogens is 1. The van der Waals surface area contributed by atoms with Crippen molar-refractivity contribution in [1.29, 1.82) is 0 Å². The van der Waals surface area contributed by atoms with Crippen LogP contribution < -0.4 is 4.74 Å². The molecule has 1 saturated carbocycles. The lowest BCUT2D eigenvalue weighted by atomic mass is 9.71. The second-order valence-corrected chi connectivity index (χ2v) is 8.13. The molecule has 1 saturated heterocycles. The zero-order valence-corrected chi connectivity index (χ0v) is 17.4. The van der Waals surface area contributed by atoms with Gasteiger partial charge in [0.05, 0.1) is 7.11 Å². The molecule has 2 fully saturated rings. The second-order valence-electron chi connectivity index (χ2n) is 8.13. The lowest BCUT2D eigenvalue weighted by Gasteiger charge is -2.32. The number of ether oxygens (including phenoxy) is 1. The molecule has 150 valence electrons. The number of carbonyl (C=O) groups excluding carboxylic acids is 1. The molecule has 2 aliphatic rings. The number of rotatable bonds is 7. The first-order chi connectivity index (χ1) is 13.2. The van der Waals surface area contributed by atoms with Crippen molar-refractivity contribution in [1.82, 2.24) is 4.90 Å². The number of likely N-dealkylation sites (tertiary alicyclic amines) is 1. The molecule has 2 unspecified atom stereocenters. The van der Waals surface area contributed by atoms with Crippen LogP contribution in [-0.4, -0.2) is 36.9 Å². The summed E-state index contributed by atoms with van der Waals surface area (Å²) in [5, 5.41) is 0. The van der Waals surface area contributed by atoms with Crippen LogP contribution in [0.3, 0.4) is 0 Å². The van der Waals surface area contributed by atoms with Crippen LogP contribution in [0.15, 0.2) is 54.6 Å². The Balaban J connectivity index is 0.00000225. The average Bonchev–Trinajstić information content (AvgIpc) is 2.99. The van der Waals surface area contributed by atoms with Gasteiger partial charge in [-0.05, 0) is 49.9 Å². The number of hydrogen-bond donors (Lipinski definition) is 0. The van der Waals surface area contributed by atoms with Gasteiger partial charge in [0, 0.05) is 30.0 Å². The Labute approximate surface area is 174 Å². The van der Waals surface area contributed by atoms with Gasteiger partial charge < -0.3 is 4.74 Å². The van der Waals surface area contributed by atoms with Gasteiger partial charge >= 0.3 is 0 Å². The molecule has 1 aliphatic carbocycles. The molecule has 0 N–H and O–H groups in total. The predicted molar refractivity (Wildman–Crippen MR) is 116 cm³/mol. The molecular formula is C24H30ClNO2. The summed E-state index contributed by atoms with van der Waals surface area (Å²) in [4.78, 5) is 15.0. The fraction of sp³-hybridized carbons (Fsp3) is 0.458. The Morgan fingerprint density at radius 3 is 2.79 bits per heavy atom. The fourth-order valence-electron chi connectivity index (χ4n) is 5.08. The van der Waals surface area contributed by atoms with Crippen molar-refractivity contribution < 1.29 is 9.53 Å². The van der Waals surface area contributed by atoms with Crippen LogP contribution in [0.1, 0.15) is 54.4 Å². The lowest BCUT2D eigenvalue weighted by Crippen LogP contribution is -2.31. The van der Waals surface area contributed by atoms with E-state index in [-0.39, 0.29) is 23.6 Å². The number of Topliss-reactive ketones (excluding diaryl/α,β-unsaturated/α-hetero) is 1. The van der Waals surface area contributed by atoms with Crippen molar-refractivity contribution in [2.24, 2.45) is 0 Å². The quantitative estimate of drug-likeness (QED) is 0.593. The molecule has 2 bridgehead atoms. The third-order valence-corrected chi connectivity index (χ3v) is 6.47. The van der Waals surface area contributed by atoms with E-state index in [4.69, 9.17) is 4.74 Å². The highest BCUT2D eigenvalue weighted by atomic mass is 35.5. The molecule has 4 heteroatoms. The van der Waals surface area contributed by atoms with Gasteiger partial charge in [0.25, 0.3) is 0 Å². The highest BCUT2D eigenvalue weighted by molar-refractivity contribution is 5.95. The zero-order valence-electron chi connectivity index (χ0n) is 16.6. The number of nitrogens with zero attached hydrogens (tertiary/aromatic N) is 1. The Morgan fingerprint density at radius 2 is 2.00 bits per heavy atom. The van der Waals surface area contributed by atoms with E-state index in [9.17, 15) is 4.79 Å². The largest absolute Gasteiger partial charge is 0.497 e. The summed E-state index contributed by atoms with van der Waals surface area (Å²) in [5.74, 6) is 1.22. The van der Waals surface area contributed by atoms with Crippen LogP contribution in [-0.2, 0) is 5.41 Å². The van der Waals surface area contributed by atoms with E-state index in [1.807, 2.05) is 36.4 Å². The number of fused-ring (bicyclic) bond motifs is 2. The fourth-order valence-corrected chi connectivity index (χ4v) is 5.08. The molecule has 28 heavy (non-hydrogen) atoms. The van der Waals surface area contributed by atoms with Crippen LogP contribution in [0.25, 0.3) is 0 Å². The SMILES string of the molecule is COc1cccc(C23CCCC(C2)N(CCCC(=O)c2ccccc2)C3)c1.Cl. The Hall–Kier alpha value is -1.84. The maximum atomic E-state index is 12.4. The molecular weight excluding hydrogens is 370 g/mol. The Bertz CT molecular complexity index is 794. The Kier molecular flexibility index (Phi) is 6.79. The van der Waals surface area contributed by atoms with Crippen molar-refractivity contribution in [3.8, 4) is 5.75 Å². The first kappa shape index (κ1) is 20.9. The van der Waals surface area contributed by atoms with Gasteiger partial charge in [0.1, 0.15) is 5.75 Å². The minimum absolute atomic E-state index is 0. The third kappa shape index (κ3) is 4.26. The van der Waals surface area contributed by atoms with Crippen molar-refractivity contribution in [3.05, 3.63) is 65.7 Å². The van der Waals surface area contributed by atoms with Gasteiger partial charge in [0.2, 0.25) is 0 Å². The molecule has 2 atom stereocenters. The first-order valence-corrected chi connectivity index (χ1v) is 10.2. The molecule has 1 aliphatic heterocycles. The number of methoxy groups -OCH3 is 1. The molecule has 0 spiro atoms. The minimum Gasteiger partial charge on any atom is -0.497 e. The van der Waals surface area contributed by atoms with Crippen LogP contribution >= 0.6 is 12.4 Å². The number of benzene rings is 2. The van der Waals surface area contributed by atoms with Gasteiger partial charge in [0.15, 0.2) is 5.78 Å². The Morgan fingerprint density at radius 1 is 1.18 bits per heavy atom. The first-order valence-electron chi connectivity index (χ1n) is 10.2. The average molecular weight is 400 g/mol. The summed E-state index contributed by atoms with van der Waals surface area (Å²) in [6.07, 6.45) is 6.67. The molecule has 0 radical (unpaired) electrons. The molecule has 0 amide bonds. The zero-order chi connectivity index (χ0) is 18.7. The van der Waals surface area contributed by atoms with E-state index in [0.717, 1.165) is 30.8 Å². The van der Waals surface area contributed by atoms with E-state index < -0.39 is 0 Å². The van der Waals surface area contributed by atoms with Crippen molar-refractivity contribution in [2.75, 3.05) is 20.2 Å². The van der Waals surface area contributed by atoms with E-state index in [1.54, 1.807) is 7.11 Å². The molecule has 3 nitrogen and oxygen atoms in total. The molecule has 2 aromatic rings. The molecule has 0 aromatic heterocycles. The van der Waals surface area contributed by atoms with E-state index in [1.165, 1.54) is 31.2 Å². The summed E-state index contributed by atoms with van der Waals surface area (Å²) < 4.78 is 5.46. The highest BCUT2D eigenvalue weighted by Gasteiger charge is 2.47. The third-order valence-electron chi connectivity index (χ3n) is 6.47. The maximum absolute atomic E-state index is 12.4. The van der Waals surface area contributed by atoms with Gasteiger partial charge in [-0.15, -0.1) is 12.4 Å². The predicted octanol–water partition coefficient (Wildman–Crippen LogP) is 5.28. The minimum atomic E-state index is 0. The second kappa shape index (κ2) is 9.11. The van der Waals surface area contributed by atoms with Gasteiger partial charge in [-0.25, -0.2) is 0 Å². The smallest absolute Gasteiger partial charge is 0.162 e. The number of carbonyl (C=O) groups is 1. The van der Waals surface area contributed by atoms with Crippen molar-refractivity contribution >= 4 is 18.2 Å². The molecule has 2 aromatic carbocycles. The highest BCUT2D eigenvalue weighted by Crippen LogP contribution is 2.47. The van der Waals surface area contributed by atoms with Crippen molar-refractivity contribution in [3.63, 3.8) is 0 Å². The summed E-state index contributed by atoms with van der Waals surface area (Å²) >= 11 is 0. The topological polar surface area (TPSA) is 29.5 Å². The van der Waals surface area contributed by atoms with Gasteiger partial charge in [-0.3, -0.25) is 9.69 Å². The number of ketones is 1. The van der Waals surface area contributed by atoms with Gasteiger partial charge in [-0.1, -0.05) is 48.9 Å². The number of hydrogen-bond acceptors (Lipinski definition) is 3. The van der Waals surface area contributed by atoms with Crippen LogP contribution in [0.5, 0.6) is 5.75 Å². The van der Waals surface area contributed by atoms with Crippen molar-refractivity contribution in [2.45, 2.75) is 50.0 Å². The summed E-state index contributed by atoms with van der Waals surface area (Å²) in [5.41, 5.74) is 2.53. The standard InChI is InChI=1S/C24H29NO2.ClH/c1-27-22-12-5-10-20(16-22)24-14-6-11-21(17-24)25(18-24)15-7-13-23(26)19-8-3-2-4-9-19;/h2-5,8-10,12,16,21H,6-7,11,13-15,17-18H2,1H3;1H. The van der Waals surface area contributed by atoms with Crippen LogP contribution in [0.4, 0.5) is 0 Å². The van der Waals surface area contributed by atoms with E-state index in [0.29, 0.717) is 12.5 Å². The summed E-state index contributed by atoms with van der Waals surface area (Å²) in [6, 6.07) is 19.0. The van der Waals surface area contributed by atoms with E-state index >= 15 is 0 Å².